The van der Waals surface area contributed by atoms with Crippen LogP contribution in [-0.4, -0.2) is 41.6 Å². The molecule has 0 aliphatic rings. The van der Waals surface area contributed by atoms with Crippen molar-refractivity contribution in [2.75, 3.05) is 27.1 Å². The van der Waals surface area contributed by atoms with Gasteiger partial charge >= 0.3 is 0 Å². The van der Waals surface area contributed by atoms with Crippen molar-refractivity contribution in [3.63, 3.8) is 0 Å². The van der Waals surface area contributed by atoms with Crippen molar-refractivity contribution >= 4 is 26.0 Å². The van der Waals surface area contributed by atoms with E-state index in [9.17, 15) is 8.42 Å². The molecule has 0 heterocycles. The van der Waals surface area contributed by atoms with Crippen molar-refractivity contribution in [2.45, 2.75) is 44.7 Å². The predicted molar refractivity (Wildman–Crippen MR) is 130 cm³/mol. The second kappa shape index (κ2) is 12.6. The molecule has 0 fully saturated rings. The fourth-order valence-electron chi connectivity index (χ4n) is 3.46. The monoisotopic (exact) mass is 525 g/mol. The number of hydrogen-bond donors (Lipinski definition) is 1. The first kappa shape index (κ1) is 26.7. The van der Waals surface area contributed by atoms with E-state index in [1.807, 2.05) is 76.2 Å². The largest absolute Gasteiger partial charge is 0.382 e. The Kier molecular flexibility index (Phi) is 10.5. The highest BCUT2D eigenvalue weighted by atomic mass is 79.9. The van der Waals surface area contributed by atoms with Gasteiger partial charge in [0.25, 0.3) is 0 Å². The Hall–Kier alpha value is -1.55. The summed E-state index contributed by atoms with van der Waals surface area (Å²) in [6, 6.07) is 12.6. The maximum absolute atomic E-state index is 13.4. The number of sulfonamides is 1. The van der Waals surface area contributed by atoms with Crippen LogP contribution in [0.5, 0.6) is 0 Å². The highest BCUT2D eigenvalue weighted by molar-refractivity contribution is 9.11. The predicted octanol–water partition coefficient (Wildman–Crippen LogP) is 4.94. The second-order valence-electron chi connectivity index (χ2n) is 7.64. The molecule has 0 amide bonds. The van der Waals surface area contributed by atoms with Crippen molar-refractivity contribution in [1.29, 1.82) is 0 Å². The van der Waals surface area contributed by atoms with E-state index in [1.54, 1.807) is 7.11 Å². The Labute approximate surface area is 200 Å². The Morgan fingerprint density at radius 3 is 2.31 bits per heavy atom. The minimum absolute atomic E-state index is 0.116. The molecule has 0 saturated carbocycles. The molecule has 0 spiro atoms. The summed E-state index contributed by atoms with van der Waals surface area (Å²) in [5.41, 5.74) is 3.27. The molecule has 0 unspecified atom stereocenters. The van der Waals surface area contributed by atoms with Gasteiger partial charge in [0.2, 0.25) is 10.0 Å². The molecular weight excluding hydrogens is 494 g/mol. The van der Waals surface area contributed by atoms with Gasteiger partial charge in [0.15, 0.2) is 0 Å². The molecule has 2 rings (SSSR count). The fourth-order valence-corrected chi connectivity index (χ4v) is 6.02. The topological polar surface area (TPSA) is 73.9 Å². The zero-order valence-electron chi connectivity index (χ0n) is 19.2. The molecule has 0 aliphatic carbocycles. The van der Waals surface area contributed by atoms with Crippen molar-refractivity contribution in [3.05, 3.63) is 75.3 Å². The van der Waals surface area contributed by atoms with E-state index in [2.05, 4.69) is 20.7 Å². The Bertz CT molecular complexity index is 985. The van der Waals surface area contributed by atoms with Crippen LogP contribution in [0.3, 0.4) is 0 Å². The van der Waals surface area contributed by atoms with Gasteiger partial charge in [-0.1, -0.05) is 64.0 Å². The van der Waals surface area contributed by atoms with Gasteiger partial charge in [-0.25, -0.2) is 8.42 Å². The summed E-state index contributed by atoms with van der Waals surface area (Å²) in [5.74, 6) is 0. The van der Waals surface area contributed by atoms with E-state index < -0.39 is 16.1 Å². The molecule has 176 valence electrons. The molecule has 0 aliphatic heterocycles. The first-order chi connectivity index (χ1) is 15.2. The molecule has 32 heavy (non-hydrogen) atoms. The van der Waals surface area contributed by atoms with Crippen molar-refractivity contribution in [2.24, 2.45) is 0 Å². The highest BCUT2D eigenvalue weighted by Crippen LogP contribution is 2.31. The van der Waals surface area contributed by atoms with Crippen LogP contribution in [0, 0.1) is 20.8 Å². The highest BCUT2D eigenvalue weighted by Gasteiger charge is 2.26. The molecule has 0 radical (unpaired) electrons. The standard InChI is InChI=1S/C24H32BrNO5S/c1-17-13-18(2)24(19(3)14-17)32(27,28)26-23(21-9-7-6-8-10-21)22(25)15-20(4)31-16-30-12-11-29-5/h6-10,13-15,20,23,26H,11-12,16H2,1-5H3/b22-15+/t20-,23-/m0/s1. The van der Waals surface area contributed by atoms with Gasteiger partial charge in [-0.05, 0) is 50.5 Å². The summed E-state index contributed by atoms with van der Waals surface area (Å²) in [4.78, 5) is 0.306. The molecule has 0 aromatic heterocycles. The van der Waals surface area contributed by atoms with Crippen LogP contribution in [0.15, 0.2) is 57.9 Å². The van der Waals surface area contributed by atoms with E-state index in [0.29, 0.717) is 33.7 Å². The number of nitrogens with one attached hydrogen (secondary N) is 1. The third kappa shape index (κ3) is 7.79. The number of hydrogen-bond acceptors (Lipinski definition) is 5. The normalized spacial score (nSPS) is 14.4. The SMILES string of the molecule is COCCOCO[C@@H](C)/C=C(/Br)[C@@H](NS(=O)(=O)c1c(C)cc(C)cc1C)c1ccccc1. The second-order valence-corrected chi connectivity index (χ2v) is 10.2. The third-order valence-corrected chi connectivity index (χ3v) is 7.24. The summed E-state index contributed by atoms with van der Waals surface area (Å²) in [7, 11) is -2.19. The molecule has 0 bridgehead atoms. The molecule has 1 N–H and O–H groups in total. The van der Waals surface area contributed by atoms with E-state index in [0.717, 1.165) is 11.1 Å². The van der Waals surface area contributed by atoms with Crippen LogP contribution in [0.25, 0.3) is 0 Å². The smallest absolute Gasteiger partial charge is 0.241 e. The summed E-state index contributed by atoms with van der Waals surface area (Å²) < 4.78 is 46.3. The van der Waals surface area contributed by atoms with Gasteiger partial charge in [-0.2, -0.15) is 4.72 Å². The minimum Gasteiger partial charge on any atom is -0.382 e. The third-order valence-electron chi connectivity index (χ3n) is 4.80. The lowest BCUT2D eigenvalue weighted by molar-refractivity contribution is -0.0804. The molecule has 0 saturated heterocycles. The first-order valence-electron chi connectivity index (χ1n) is 10.4. The van der Waals surface area contributed by atoms with Gasteiger partial charge in [0.05, 0.1) is 30.3 Å². The summed E-state index contributed by atoms with van der Waals surface area (Å²) >= 11 is 3.58. The lowest BCUT2D eigenvalue weighted by atomic mass is 10.1. The van der Waals surface area contributed by atoms with Crippen LogP contribution in [0.4, 0.5) is 0 Å². The lowest BCUT2D eigenvalue weighted by Crippen LogP contribution is -2.30. The van der Waals surface area contributed by atoms with Gasteiger partial charge < -0.3 is 14.2 Å². The van der Waals surface area contributed by atoms with Crippen LogP contribution in [-0.2, 0) is 24.2 Å². The van der Waals surface area contributed by atoms with Crippen molar-refractivity contribution in [1.82, 2.24) is 4.72 Å². The Morgan fingerprint density at radius 1 is 1.09 bits per heavy atom. The average Bonchev–Trinajstić information content (AvgIpc) is 2.71. The van der Waals surface area contributed by atoms with E-state index in [-0.39, 0.29) is 12.9 Å². The summed E-state index contributed by atoms with van der Waals surface area (Å²) in [6.07, 6.45) is 1.53. The number of halogens is 1. The molecule has 2 aromatic carbocycles. The minimum atomic E-state index is -3.79. The average molecular weight is 526 g/mol. The number of aryl methyl sites for hydroxylation is 3. The first-order valence-corrected chi connectivity index (χ1v) is 12.6. The maximum Gasteiger partial charge on any atom is 0.241 e. The quantitative estimate of drug-likeness (QED) is 0.314. The molecule has 2 atom stereocenters. The molecule has 6 nitrogen and oxygen atoms in total. The Balaban J connectivity index is 2.28. The maximum atomic E-state index is 13.4. The van der Waals surface area contributed by atoms with Crippen molar-refractivity contribution in [3.8, 4) is 0 Å². The van der Waals surface area contributed by atoms with Gasteiger partial charge in [-0.15, -0.1) is 0 Å². The van der Waals surface area contributed by atoms with E-state index >= 15 is 0 Å². The summed E-state index contributed by atoms with van der Waals surface area (Å²) in [6.45, 7) is 8.50. The van der Waals surface area contributed by atoms with Gasteiger partial charge in [-0.3, -0.25) is 0 Å². The number of ether oxygens (including phenoxy) is 3. The number of methoxy groups -OCH3 is 1. The summed E-state index contributed by atoms with van der Waals surface area (Å²) in [5, 5.41) is 0. The molecule has 2 aromatic rings. The van der Waals surface area contributed by atoms with E-state index in [1.165, 1.54) is 0 Å². The van der Waals surface area contributed by atoms with Crippen LogP contribution in [0.1, 0.15) is 35.2 Å². The van der Waals surface area contributed by atoms with E-state index in [4.69, 9.17) is 14.2 Å². The fraction of sp³-hybridized carbons (Fsp3) is 0.417. The van der Waals surface area contributed by atoms with Gasteiger partial charge in [0, 0.05) is 11.6 Å². The zero-order chi connectivity index (χ0) is 23.7. The number of benzene rings is 2. The lowest BCUT2D eigenvalue weighted by Gasteiger charge is -2.22. The van der Waals surface area contributed by atoms with Crippen LogP contribution < -0.4 is 4.72 Å². The van der Waals surface area contributed by atoms with Crippen LogP contribution in [0.2, 0.25) is 0 Å². The number of rotatable bonds is 12. The zero-order valence-corrected chi connectivity index (χ0v) is 21.6. The molecule has 8 heteroatoms. The van der Waals surface area contributed by atoms with Crippen LogP contribution >= 0.6 is 15.9 Å². The Morgan fingerprint density at radius 2 is 1.72 bits per heavy atom. The van der Waals surface area contributed by atoms with Crippen molar-refractivity contribution < 1.29 is 22.6 Å². The van der Waals surface area contributed by atoms with Gasteiger partial charge in [0.1, 0.15) is 6.79 Å². The molecular formula is C24H32BrNO5S.